The largest absolute Gasteiger partial charge is 0.342 e. The highest BCUT2D eigenvalue weighted by Crippen LogP contribution is 2.28. The van der Waals surface area contributed by atoms with E-state index in [9.17, 15) is 4.79 Å². The Morgan fingerprint density at radius 1 is 1.03 bits per heavy atom. The molecule has 1 amide bonds. The molecule has 6 heteroatoms. The molecule has 154 valence electrons. The van der Waals surface area contributed by atoms with Gasteiger partial charge >= 0.3 is 0 Å². The zero-order valence-electron chi connectivity index (χ0n) is 17.5. The Kier molecular flexibility index (Phi) is 6.02. The van der Waals surface area contributed by atoms with Crippen LogP contribution in [0.15, 0.2) is 55.1 Å². The van der Waals surface area contributed by atoms with Crippen LogP contribution in [0.25, 0.3) is 0 Å². The molecule has 0 radical (unpaired) electrons. The third-order valence-electron chi connectivity index (χ3n) is 5.81. The van der Waals surface area contributed by atoms with Crippen molar-refractivity contribution in [2.24, 2.45) is 0 Å². The van der Waals surface area contributed by atoms with Gasteiger partial charge in [-0.3, -0.25) is 14.8 Å². The maximum atomic E-state index is 12.7. The standard InChI is InChI=1S/C24H27N5O/c1-17-3-4-19(13-18(17)2)14-24(30)29-11-7-20(8-12-29)22-6-5-21(15-27-22)28-23-16-25-9-10-26-23/h3-6,9-10,13,15-16,20H,7-8,11-12,14H2,1-2H3,(H,26,28). The van der Waals surface area contributed by atoms with E-state index in [-0.39, 0.29) is 5.91 Å². The van der Waals surface area contributed by atoms with Crippen molar-refractivity contribution in [3.05, 3.63) is 77.5 Å². The fourth-order valence-electron chi connectivity index (χ4n) is 3.86. The number of aromatic nitrogens is 3. The van der Waals surface area contributed by atoms with Crippen molar-refractivity contribution in [1.82, 2.24) is 19.9 Å². The molecule has 0 bridgehead atoms. The van der Waals surface area contributed by atoms with Crippen LogP contribution in [0.1, 0.15) is 41.1 Å². The van der Waals surface area contributed by atoms with Crippen molar-refractivity contribution in [3.63, 3.8) is 0 Å². The molecule has 3 heterocycles. The first-order valence-electron chi connectivity index (χ1n) is 10.4. The lowest BCUT2D eigenvalue weighted by molar-refractivity contribution is -0.131. The Hall–Kier alpha value is -3.28. The summed E-state index contributed by atoms with van der Waals surface area (Å²) in [5.74, 6) is 1.30. The first-order valence-corrected chi connectivity index (χ1v) is 10.4. The van der Waals surface area contributed by atoms with Crippen LogP contribution in [0.5, 0.6) is 0 Å². The van der Waals surface area contributed by atoms with Gasteiger partial charge in [0.15, 0.2) is 0 Å². The molecule has 6 nitrogen and oxygen atoms in total. The quantitative estimate of drug-likeness (QED) is 0.694. The number of pyridine rings is 1. The van der Waals surface area contributed by atoms with Crippen LogP contribution >= 0.6 is 0 Å². The predicted molar refractivity (Wildman–Crippen MR) is 118 cm³/mol. The summed E-state index contributed by atoms with van der Waals surface area (Å²) in [6.45, 7) is 5.76. The van der Waals surface area contributed by atoms with E-state index in [2.05, 4.69) is 58.4 Å². The third-order valence-corrected chi connectivity index (χ3v) is 5.81. The molecule has 3 aromatic rings. The molecule has 0 aliphatic carbocycles. The molecular weight excluding hydrogens is 374 g/mol. The van der Waals surface area contributed by atoms with Crippen LogP contribution in [0, 0.1) is 13.8 Å². The number of carbonyl (C=O) groups excluding carboxylic acids is 1. The average molecular weight is 402 g/mol. The molecule has 1 saturated heterocycles. The Labute approximate surface area is 177 Å². The van der Waals surface area contributed by atoms with E-state index in [0.717, 1.165) is 42.9 Å². The van der Waals surface area contributed by atoms with Gasteiger partial charge in [0.05, 0.1) is 24.5 Å². The van der Waals surface area contributed by atoms with Crippen LogP contribution in [-0.2, 0) is 11.2 Å². The summed E-state index contributed by atoms with van der Waals surface area (Å²) in [5, 5.41) is 3.20. The van der Waals surface area contributed by atoms with E-state index < -0.39 is 0 Å². The van der Waals surface area contributed by atoms with Gasteiger partial charge in [0.1, 0.15) is 5.82 Å². The zero-order valence-corrected chi connectivity index (χ0v) is 17.5. The summed E-state index contributed by atoms with van der Waals surface area (Å²) in [6, 6.07) is 10.4. The lowest BCUT2D eigenvalue weighted by Gasteiger charge is -2.32. The molecule has 30 heavy (non-hydrogen) atoms. The highest BCUT2D eigenvalue weighted by molar-refractivity contribution is 5.79. The van der Waals surface area contributed by atoms with Gasteiger partial charge in [-0.2, -0.15) is 0 Å². The van der Waals surface area contributed by atoms with Gasteiger partial charge in [-0.05, 0) is 55.5 Å². The van der Waals surface area contributed by atoms with E-state index in [1.54, 1.807) is 18.6 Å². The Morgan fingerprint density at radius 2 is 1.87 bits per heavy atom. The van der Waals surface area contributed by atoms with Crippen molar-refractivity contribution < 1.29 is 4.79 Å². The highest BCUT2D eigenvalue weighted by Gasteiger charge is 2.24. The Balaban J connectivity index is 1.30. The zero-order chi connectivity index (χ0) is 20.9. The molecule has 0 atom stereocenters. The van der Waals surface area contributed by atoms with Crippen molar-refractivity contribution >= 4 is 17.4 Å². The molecule has 0 saturated carbocycles. The summed E-state index contributed by atoms with van der Waals surface area (Å²) < 4.78 is 0. The summed E-state index contributed by atoms with van der Waals surface area (Å²) in [6.07, 6.45) is 9.18. The first-order chi connectivity index (χ1) is 14.6. The predicted octanol–water partition coefficient (Wildman–Crippen LogP) is 4.18. The van der Waals surface area contributed by atoms with E-state index >= 15 is 0 Å². The number of piperidine rings is 1. The number of aryl methyl sites for hydroxylation is 2. The highest BCUT2D eigenvalue weighted by atomic mass is 16.2. The number of rotatable bonds is 5. The van der Waals surface area contributed by atoms with Crippen molar-refractivity contribution in [2.75, 3.05) is 18.4 Å². The van der Waals surface area contributed by atoms with Gasteiger partial charge in [0.25, 0.3) is 0 Å². The number of amides is 1. The first kappa shape index (κ1) is 20.0. The minimum atomic E-state index is 0.216. The van der Waals surface area contributed by atoms with Crippen molar-refractivity contribution in [3.8, 4) is 0 Å². The van der Waals surface area contributed by atoms with E-state index in [1.165, 1.54) is 11.1 Å². The van der Waals surface area contributed by atoms with E-state index in [1.807, 2.05) is 17.2 Å². The smallest absolute Gasteiger partial charge is 0.226 e. The van der Waals surface area contributed by atoms with E-state index in [4.69, 9.17) is 0 Å². The second-order valence-corrected chi connectivity index (χ2v) is 7.94. The van der Waals surface area contributed by atoms with Crippen LogP contribution < -0.4 is 5.32 Å². The molecule has 2 aromatic heterocycles. The van der Waals surface area contributed by atoms with E-state index in [0.29, 0.717) is 18.2 Å². The molecule has 0 unspecified atom stereocenters. The van der Waals surface area contributed by atoms with Crippen LogP contribution in [0.3, 0.4) is 0 Å². The number of likely N-dealkylation sites (tertiary alicyclic amines) is 1. The van der Waals surface area contributed by atoms with Gasteiger partial charge in [-0.15, -0.1) is 0 Å². The van der Waals surface area contributed by atoms with Crippen molar-refractivity contribution in [1.29, 1.82) is 0 Å². The number of hydrogen-bond donors (Lipinski definition) is 1. The average Bonchev–Trinajstić information content (AvgIpc) is 2.78. The summed E-state index contributed by atoms with van der Waals surface area (Å²) in [5.41, 5.74) is 5.57. The molecule has 1 aromatic carbocycles. The third kappa shape index (κ3) is 4.82. The number of nitrogens with one attached hydrogen (secondary N) is 1. The molecule has 1 aliphatic rings. The van der Waals surface area contributed by atoms with Gasteiger partial charge in [-0.25, -0.2) is 4.98 Å². The fraction of sp³-hybridized carbons (Fsp3) is 0.333. The second-order valence-electron chi connectivity index (χ2n) is 7.94. The topological polar surface area (TPSA) is 71.0 Å². The van der Waals surface area contributed by atoms with Gasteiger partial charge in [0, 0.05) is 37.1 Å². The Bertz CT molecular complexity index is 996. The van der Waals surface area contributed by atoms with Gasteiger partial charge < -0.3 is 10.2 Å². The normalized spacial score (nSPS) is 14.5. The SMILES string of the molecule is Cc1ccc(CC(=O)N2CCC(c3ccc(Nc4cnccn4)cn3)CC2)cc1C. The number of carbonyl (C=O) groups is 1. The number of benzene rings is 1. The summed E-state index contributed by atoms with van der Waals surface area (Å²) >= 11 is 0. The Morgan fingerprint density at radius 3 is 2.53 bits per heavy atom. The number of anilines is 2. The van der Waals surface area contributed by atoms with Crippen LogP contribution in [0.4, 0.5) is 11.5 Å². The summed E-state index contributed by atoms with van der Waals surface area (Å²) in [4.78, 5) is 27.6. The van der Waals surface area contributed by atoms with Crippen molar-refractivity contribution in [2.45, 2.75) is 39.0 Å². The van der Waals surface area contributed by atoms with Gasteiger partial charge in [0.2, 0.25) is 5.91 Å². The maximum absolute atomic E-state index is 12.7. The minimum Gasteiger partial charge on any atom is -0.342 e. The molecular formula is C24H27N5O. The maximum Gasteiger partial charge on any atom is 0.226 e. The minimum absolute atomic E-state index is 0.216. The van der Waals surface area contributed by atoms with Gasteiger partial charge in [-0.1, -0.05) is 18.2 Å². The molecule has 4 rings (SSSR count). The van der Waals surface area contributed by atoms with Crippen LogP contribution in [0.2, 0.25) is 0 Å². The van der Waals surface area contributed by atoms with Crippen LogP contribution in [-0.4, -0.2) is 38.8 Å². The molecule has 1 fully saturated rings. The lowest BCUT2D eigenvalue weighted by atomic mass is 9.92. The molecule has 1 N–H and O–H groups in total. The monoisotopic (exact) mass is 401 g/mol. The molecule has 1 aliphatic heterocycles. The second kappa shape index (κ2) is 9.03. The summed E-state index contributed by atoms with van der Waals surface area (Å²) in [7, 11) is 0. The molecule has 0 spiro atoms. The number of hydrogen-bond acceptors (Lipinski definition) is 5. The lowest BCUT2D eigenvalue weighted by Crippen LogP contribution is -2.38. The number of nitrogens with zero attached hydrogens (tertiary/aromatic N) is 4. The fourth-order valence-corrected chi connectivity index (χ4v) is 3.86.